The molecule has 1 aliphatic rings. The first-order valence-electron chi connectivity index (χ1n) is 7.41. The summed E-state index contributed by atoms with van der Waals surface area (Å²) in [6, 6.07) is 7.29. The lowest BCUT2D eigenvalue weighted by atomic mass is 9.86. The molecule has 4 nitrogen and oxygen atoms in total. The first-order chi connectivity index (χ1) is 10.0. The quantitative estimate of drug-likeness (QED) is 0.790. The molecular formula is C16H21IN2O2. The van der Waals surface area contributed by atoms with E-state index in [1.807, 2.05) is 45.0 Å². The predicted octanol–water partition coefficient (Wildman–Crippen LogP) is 3.09. The van der Waals surface area contributed by atoms with Gasteiger partial charge in [0.2, 0.25) is 5.91 Å². The monoisotopic (exact) mass is 400 g/mol. The number of para-hydroxylation sites is 1. The zero-order valence-electron chi connectivity index (χ0n) is 12.6. The molecule has 1 atom stereocenters. The number of carbonyl (C=O) groups excluding carboxylic acids is 2. The number of rotatable bonds is 4. The molecule has 2 amide bonds. The Labute approximate surface area is 139 Å². The summed E-state index contributed by atoms with van der Waals surface area (Å²) in [7, 11) is 0. The lowest BCUT2D eigenvalue weighted by Crippen LogP contribution is -2.70. The maximum absolute atomic E-state index is 13.1. The van der Waals surface area contributed by atoms with Crippen LogP contribution in [0.15, 0.2) is 24.3 Å². The van der Waals surface area contributed by atoms with E-state index in [-0.39, 0.29) is 11.8 Å². The van der Waals surface area contributed by atoms with E-state index < -0.39 is 11.6 Å². The topological polar surface area (TPSA) is 49.4 Å². The number of nitrogens with one attached hydrogen (secondary N) is 1. The third-order valence-electron chi connectivity index (χ3n) is 4.31. The van der Waals surface area contributed by atoms with E-state index in [2.05, 4.69) is 27.9 Å². The van der Waals surface area contributed by atoms with Gasteiger partial charge in [-0.25, -0.2) is 0 Å². The van der Waals surface area contributed by atoms with E-state index in [4.69, 9.17) is 0 Å². The molecule has 1 aliphatic heterocycles. The molecule has 1 fully saturated rings. The molecule has 0 aliphatic carbocycles. The Balaban J connectivity index is 2.55. The Kier molecular flexibility index (Phi) is 4.91. The van der Waals surface area contributed by atoms with Crippen molar-refractivity contribution in [2.75, 3.05) is 4.90 Å². The molecule has 1 unspecified atom stereocenters. The van der Waals surface area contributed by atoms with Gasteiger partial charge >= 0.3 is 0 Å². The fourth-order valence-corrected chi connectivity index (χ4v) is 3.53. The molecule has 5 heteroatoms. The van der Waals surface area contributed by atoms with Crippen LogP contribution in [0.3, 0.4) is 0 Å². The van der Waals surface area contributed by atoms with Gasteiger partial charge in [-0.1, -0.05) is 32.9 Å². The predicted molar refractivity (Wildman–Crippen MR) is 92.2 cm³/mol. The fourth-order valence-electron chi connectivity index (χ4n) is 2.88. The van der Waals surface area contributed by atoms with Gasteiger partial charge in [0.1, 0.15) is 11.6 Å². The number of nitrogens with zero attached hydrogens (tertiary/aromatic N) is 1. The minimum atomic E-state index is -0.776. The highest BCUT2D eigenvalue weighted by Crippen LogP contribution is 2.33. The first-order valence-corrected chi connectivity index (χ1v) is 8.48. The normalized spacial score (nSPS) is 21.3. The summed E-state index contributed by atoms with van der Waals surface area (Å²) in [5, 5.41) is 2.97. The van der Waals surface area contributed by atoms with E-state index in [0.717, 1.165) is 9.26 Å². The van der Waals surface area contributed by atoms with E-state index in [0.29, 0.717) is 19.3 Å². The molecule has 21 heavy (non-hydrogen) atoms. The van der Waals surface area contributed by atoms with Crippen LogP contribution in [0.5, 0.6) is 0 Å². The van der Waals surface area contributed by atoms with Crippen LogP contribution in [-0.2, 0) is 9.59 Å². The van der Waals surface area contributed by atoms with Crippen LogP contribution >= 0.6 is 22.6 Å². The van der Waals surface area contributed by atoms with Crippen molar-refractivity contribution in [1.82, 2.24) is 5.32 Å². The number of halogens is 1. The van der Waals surface area contributed by atoms with Crippen LogP contribution in [0.2, 0.25) is 0 Å². The molecule has 0 saturated carbocycles. The van der Waals surface area contributed by atoms with E-state index in [9.17, 15) is 9.59 Å². The van der Waals surface area contributed by atoms with Gasteiger partial charge in [0.25, 0.3) is 5.91 Å². The van der Waals surface area contributed by atoms with Crippen LogP contribution in [0.1, 0.15) is 40.0 Å². The standard InChI is InChI=1S/C16H21IN2O2/c1-4-12-14(20)18-16(5-2,6-3)15(21)19(12)13-10-8-7-9-11(13)17/h7-10,12H,4-6H2,1-3H3,(H,18,20). The lowest BCUT2D eigenvalue weighted by Gasteiger charge is -2.45. The Morgan fingerprint density at radius 2 is 1.81 bits per heavy atom. The van der Waals surface area contributed by atoms with Gasteiger partial charge in [-0.05, 0) is 54.0 Å². The van der Waals surface area contributed by atoms with Crippen molar-refractivity contribution in [3.05, 3.63) is 27.8 Å². The second-order valence-electron chi connectivity index (χ2n) is 5.33. The number of carbonyl (C=O) groups is 2. The molecule has 114 valence electrons. The molecule has 1 heterocycles. The zero-order chi connectivity index (χ0) is 15.6. The van der Waals surface area contributed by atoms with E-state index in [1.54, 1.807) is 4.90 Å². The number of amides is 2. The fraction of sp³-hybridized carbons (Fsp3) is 0.500. The molecule has 0 aromatic heterocycles. The number of piperazine rings is 1. The third kappa shape index (κ3) is 2.67. The largest absolute Gasteiger partial charge is 0.340 e. The summed E-state index contributed by atoms with van der Waals surface area (Å²) in [6.45, 7) is 5.83. The van der Waals surface area contributed by atoms with Crippen molar-refractivity contribution < 1.29 is 9.59 Å². The van der Waals surface area contributed by atoms with Crippen molar-refractivity contribution in [3.8, 4) is 0 Å². The van der Waals surface area contributed by atoms with Crippen molar-refractivity contribution in [3.63, 3.8) is 0 Å². The second kappa shape index (κ2) is 6.34. The highest BCUT2D eigenvalue weighted by Gasteiger charge is 2.49. The molecule has 2 rings (SSSR count). The average Bonchev–Trinajstić information content (AvgIpc) is 2.50. The number of anilines is 1. The van der Waals surface area contributed by atoms with Gasteiger partial charge < -0.3 is 5.32 Å². The van der Waals surface area contributed by atoms with E-state index in [1.165, 1.54) is 0 Å². The van der Waals surface area contributed by atoms with Gasteiger partial charge in [-0.3, -0.25) is 14.5 Å². The maximum atomic E-state index is 13.1. The minimum Gasteiger partial charge on any atom is -0.340 e. The summed E-state index contributed by atoms with van der Waals surface area (Å²) >= 11 is 2.22. The van der Waals surface area contributed by atoms with Crippen molar-refractivity contribution in [2.45, 2.75) is 51.6 Å². The Hall–Kier alpha value is -1.11. The third-order valence-corrected chi connectivity index (χ3v) is 5.22. The number of benzene rings is 1. The lowest BCUT2D eigenvalue weighted by molar-refractivity contribution is -0.138. The van der Waals surface area contributed by atoms with Crippen LogP contribution < -0.4 is 10.2 Å². The molecular weight excluding hydrogens is 379 g/mol. The van der Waals surface area contributed by atoms with Gasteiger partial charge in [0.05, 0.1) is 5.69 Å². The minimum absolute atomic E-state index is 0.00284. The van der Waals surface area contributed by atoms with Gasteiger partial charge in [-0.15, -0.1) is 0 Å². The summed E-state index contributed by atoms with van der Waals surface area (Å²) in [5.41, 5.74) is 0.0536. The van der Waals surface area contributed by atoms with E-state index >= 15 is 0 Å². The SMILES string of the molecule is CCC1C(=O)NC(CC)(CC)C(=O)N1c1ccccc1I. The number of hydrogen-bond acceptors (Lipinski definition) is 2. The average molecular weight is 400 g/mol. The molecule has 0 spiro atoms. The summed E-state index contributed by atoms with van der Waals surface area (Å²) in [4.78, 5) is 27.3. The molecule has 1 aromatic rings. The Morgan fingerprint density at radius 1 is 1.19 bits per heavy atom. The second-order valence-corrected chi connectivity index (χ2v) is 6.49. The van der Waals surface area contributed by atoms with Gasteiger partial charge in [0, 0.05) is 3.57 Å². The zero-order valence-corrected chi connectivity index (χ0v) is 14.8. The summed E-state index contributed by atoms with van der Waals surface area (Å²) < 4.78 is 0.984. The molecule has 1 N–H and O–H groups in total. The van der Waals surface area contributed by atoms with Crippen molar-refractivity contribution >= 4 is 40.1 Å². The molecule has 1 saturated heterocycles. The highest BCUT2D eigenvalue weighted by atomic mass is 127. The maximum Gasteiger partial charge on any atom is 0.253 e. The van der Waals surface area contributed by atoms with Crippen LogP contribution in [0, 0.1) is 3.57 Å². The first kappa shape index (κ1) is 16.3. The van der Waals surface area contributed by atoms with Gasteiger partial charge in [0.15, 0.2) is 0 Å². The van der Waals surface area contributed by atoms with Gasteiger partial charge in [-0.2, -0.15) is 0 Å². The molecule has 0 radical (unpaired) electrons. The number of hydrogen-bond donors (Lipinski definition) is 1. The highest BCUT2D eigenvalue weighted by molar-refractivity contribution is 14.1. The smallest absolute Gasteiger partial charge is 0.253 e. The van der Waals surface area contributed by atoms with Crippen LogP contribution in [-0.4, -0.2) is 23.4 Å². The van der Waals surface area contributed by atoms with Crippen molar-refractivity contribution in [1.29, 1.82) is 0 Å². The Bertz CT molecular complexity index is 555. The molecule has 1 aromatic carbocycles. The summed E-state index contributed by atoms with van der Waals surface area (Å²) in [6.07, 6.45) is 1.81. The van der Waals surface area contributed by atoms with Crippen LogP contribution in [0.25, 0.3) is 0 Å². The van der Waals surface area contributed by atoms with Crippen LogP contribution in [0.4, 0.5) is 5.69 Å². The van der Waals surface area contributed by atoms with Crippen molar-refractivity contribution in [2.24, 2.45) is 0 Å². The Morgan fingerprint density at radius 3 is 2.33 bits per heavy atom. The molecule has 0 bridgehead atoms. The summed E-state index contributed by atoms with van der Waals surface area (Å²) in [5.74, 6) is -0.0523.